The molecule has 0 saturated carbocycles. The van der Waals surface area contributed by atoms with Gasteiger partial charge in [0.05, 0.1) is 0 Å². The molecule has 0 saturated heterocycles. The van der Waals surface area contributed by atoms with Gasteiger partial charge in [0.25, 0.3) is 0 Å². The maximum absolute atomic E-state index is 5.16. The fraction of sp³-hybridized carbons (Fsp3) is 0.250. The predicted octanol–water partition coefficient (Wildman–Crippen LogP) is 1.61. The van der Waals surface area contributed by atoms with Crippen molar-refractivity contribution in [1.82, 2.24) is 0 Å². The molecule has 1 radical (unpaired) electrons. The number of benzene rings is 1. The summed E-state index contributed by atoms with van der Waals surface area (Å²) in [5.74, 6) is 1.66. The molecule has 1 aliphatic rings. The number of aryl methyl sites for hydroxylation is 1. The Bertz CT molecular complexity index is 296. The molecule has 0 aromatic heterocycles. The summed E-state index contributed by atoms with van der Waals surface area (Å²) in [6.45, 7) is 4.08. The van der Waals surface area contributed by atoms with Crippen molar-refractivity contribution in [2.45, 2.75) is 13.8 Å². The normalized spacial score (nSPS) is 12.9. The third-order valence-electron chi connectivity index (χ3n) is 1.98. The van der Waals surface area contributed by atoms with Gasteiger partial charge in [-0.05, 0) is 31.0 Å². The number of hydrogen-bond donors (Lipinski definition) is 0. The predicted molar refractivity (Wildman–Crippen MR) is 42.9 cm³/mol. The van der Waals surface area contributed by atoms with E-state index in [0.29, 0.717) is 0 Å². The van der Waals surface area contributed by atoms with Crippen LogP contribution >= 0.6 is 0 Å². The molecule has 1 aliphatic heterocycles. The molecule has 0 fully saturated rings. The van der Waals surface area contributed by atoms with Gasteiger partial charge >= 0.3 is 7.69 Å². The van der Waals surface area contributed by atoms with Gasteiger partial charge in [0.15, 0.2) is 0 Å². The van der Waals surface area contributed by atoms with Crippen LogP contribution in [-0.4, -0.2) is 7.69 Å². The minimum Gasteiger partial charge on any atom is -0.524 e. The van der Waals surface area contributed by atoms with E-state index in [1.54, 1.807) is 0 Å². The smallest absolute Gasteiger partial charge is 0.524 e. The van der Waals surface area contributed by atoms with E-state index >= 15 is 0 Å². The van der Waals surface area contributed by atoms with Crippen molar-refractivity contribution in [3.05, 3.63) is 23.3 Å². The van der Waals surface area contributed by atoms with E-state index in [0.717, 1.165) is 17.1 Å². The molecule has 3 heteroatoms. The van der Waals surface area contributed by atoms with Gasteiger partial charge in [0, 0.05) is 0 Å². The molecule has 0 spiro atoms. The van der Waals surface area contributed by atoms with Gasteiger partial charge in [-0.25, -0.2) is 0 Å². The van der Waals surface area contributed by atoms with Crippen molar-refractivity contribution in [1.29, 1.82) is 0 Å². The Morgan fingerprint density at radius 1 is 1.18 bits per heavy atom. The van der Waals surface area contributed by atoms with Crippen LogP contribution in [0.3, 0.4) is 0 Å². The Morgan fingerprint density at radius 2 is 2.00 bits per heavy atom. The van der Waals surface area contributed by atoms with Crippen molar-refractivity contribution in [2.75, 3.05) is 0 Å². The molecular weight excluding hydrogens is 139 g/mol. The highest BCUT2D eigenvalue weighted by molar-refractivity contribution is 6.23. The summed E-state index contributed by atoms with van der Waals surface area (Å²) in [4.78, 5) is 0. The van der Waals surface area contributed by atoms with Crippen LogP contribution in [0.2, 0.25) is 0 Å². The molecule has 1 aromatic carbocycles. The summed E-state index contributed by atoms with van der Waals surface area (Å²) in [6, 6.07) is 3.94. The first-order valence-electron chi connectivity index (χ1n) is 3.54. The molecule has 0 atom stereocenters. The molecule has 1 heterocycles. The summed E-state index contributed by atoms with van der Waals surface area (Å²) < 4.78 is 10.2. The zero-order valence-corrected chi connectivity index (χ0v) is 6.55. The minimum atomic E-state index is 0.813. The molecule has 0 N–H and O–H groups in total. The van der Waals surface area contributed by atoms with Gasteiger partial charge in [0.2, 0.25) is 0 Å². The Morgan fingerprint density at radius 3 is 2.82 bits per heavy atom. The average molecular weight is 147 g/mol. The largest absolute Gasteiger partial charge is 0.658 e. The maximum atomic E-state index is 5.16. The molecular formula is C8H8BO2. The van der Waals surface area contributed by atoms with E-state index in [1.807, 2.05) is 19.1 Å². The third-order valence-corrected chi connectivity index (χ3v) is 1.98. The highest BCUT2D eigenvalue weighted by Crippen LogP contribution is 2.35. The zero-order chi connectivity index (χ0) is 7.84. The maximum Gasteiger partial charge on any atom is 0.658 e. The van der Waals surface area contributed by atoms with E-state index < -0.39 is 0 Å². The fourth-order valence-corrected chi connectivity index (χ4v) is 1.13. The van der Waals surface area contributed by atoms with Crippen molar-refractivity contribution in [3.63, 3.8) is 0 Å². The van der Waals surface area contributed by atoms with Gasteiger partial charge in [-0.1, -0.05) is 6.07 Å². The van der Waals surface area contributed by atoms with Crippen LogP contribution in [0.5, 0.6) is 11.5 Å². The monoisotopic (exact) mass is 147 g/mol. The van der Waals surface area contributed by atoms with Crippen LogP contribution < -0.4 is 9.31 Å². The first kappa shape index (κ1) is 6.59. The molecule has 11 heavy (non-hydrogen) atoms. The summed E-state index contributed by atoms with van der Waals surface area (Å²) in [6.07, 6.45) is 0. The van der Waals surface area contributed by atoms with Gasteiger partial charge in [0.1, 0.15) is 11.5 Å². The quantitative estimate of drug-likeness (QED) is 0.519. The number of hydrogen-bond acceptors (Lipinski definition) is 2. The topological polar surface area (TPSA) is 18.5 Å². The lowest BCUT2D eigenvalue weighted by atomic mass is 10.1. The van der Waals surface area contributed by atoms with Gasteiger partial charge < -0.3 is 9.31 Å². The van der Waals surface area contributed by atoms with E-state index in [-0.39, 0.29) is 0 Å². The second-order valence-electron chi connectivity index (χ2n) is 2.67. The van der Waals surface area contributed by atoms with Crippen LogP contribution in [0.4, 0.5) is 0 Å². The molecule has 0 aliphatic carbocycles. The number of rotatable bonds is 0. The van der Waals surface area contributed by atoms with Crippen molar-refractivity contribution in [2.24, 2.45) is 0 Å². The second-order valence-corrected chi connectivity index (χ2v) is 2.67. The Hall–Kier alpha value is -1.12. The van der Waals surface area contributed by atoms with Crippen LogP contribution in [0, 0.1) is 13.8 Å². The van der Waals surface area contributed by atoms with Gasteiger partial charge in [-0.2, -0.15) is 0 Å². The van der Waals surface area contributed by atoms with Crippen molar-refractivity contribution in [3.8, 4) is 11.5 Å². The summed E-state index contributed by atoms with van der Waals surface area (Å²) in [7, 11) is 1.36. The highest BCUT2D eigenvalue weighted by Gasteiger charge is 2.19. The summed E-state index contributed by atoms with van der Waals surface area (Å²) in [5, 5.41) is 0. The first-order chi connectivity index (χ1) is 5.29. The minimum absolute atomic E-state index is 0.813. The summed E-state index contributed by atoms with van der Waals surface area (Å²) >= 11 is 0. The first-order valence-corrected chi connectivity index (χ1v) is 3.54. The van der Waals surface area contributed by atoms with Crippen molar-refractivity contribution < 1.29 is 9.31 Å². The lowest BCUT2D eigenvalue weighted by molar-refractivity contribution is 0.540. The van der Waals surface area contributed by atoms with Crippen LogP contribution in [0.15, 0.2) is 12.1 Å². The second kappa shape index (κ2) is 2.19. The molecule has 2 nitrogen and oxygen atoms in total. The SMILES string of the molecule is Cc1ccc2c(c1C)O[B]O2. The van der Waals surface area contributed by atoms with E-state index in [1.165, 1.54) is 13.2 Å². The van der Waals surface area contributed by atoms with Gasteiger partial charge in [-0.15, -0.1) is 0 Å². The zero-order valence-electron chi connectivity index (χ0n) is 6.55. The molecule has 55 valence electrons. The van der Waals surface area contributed by atoms with Crippen molar-refractivity contribution >= 4 is 7.69 Å². The molecule has 0 bridgehead atoms. The van der Waals surface area contributed by atoms with E-state index in [2.05, 4.69) is 6.92 Å². The third kappa shape index (κ3) is 0.879. The molecule has 2 rings (SSSR count). The summed E-state index contributed by atoms with van der Waals surface area (Å²) in [5.41, 5.74) is 2.37. The number of fused-ring (bicyclic) bond motifs is 1. The highest BCUT2D eigenvalue weighted by atomic mass is 16.6. The molecule has 0 unspecified atom stereocenters. The Kier molecular flexibility index (Phi) is 1.31. The van der Waals surface area contributed by atoms with Gasteiger partial charge in [-0.3, -0.25) is 0 Å². The van der Waals surface area contributed by atoms with E-state index in [9.17, 15) is 0 Å². The lowest BCUT2D eigenvalue weighted by Crippen LogP contribution is -2.00. The lowest BCUT2D eigenvalue weighted by Gasteiger charge is -2.04. The van der Waals surface area contributed by atoms with Crippen LogP contribution in [0.1, 0.15) is 11.1 Å². The average Bonchev–Trinajstić information content (AvgIpc) is 2.45. The fourth-order valence-electron chi connectivity index (χ4n) is 1.13. The van der Waals surface area contributed by atoms with Crippen LogP contribution in [-0.2, 0) is 0 Å². The molecule has 1 aromatic rings. The van der Waals surface area contributed by atoms with E-state index in [4.69, 9.17) is 9.31 Å². The Balaban J connectivity index is 2.62. The van der Waals surface area contributed by atoms with Crippen LogP contribution in [0.25, 0.3) is 0 Å². The molecule has 0 amide bonds. The standard InChI is InChI=1S/C8H8BO2/c1-5-3-4-7-8(6(5)2)11-9-10-7/h3-4H,1-2H3. The Labute approximate surface area is 66.4 Å².